The van der Waals surface area contributed by atoms with Gasteiger partial charge in [-0.1, -0.05) is 23.7 Å². The van der Waals surface area contributed by atoms with Gasteiger partial charge in [0.25, 0.3) is 5.88 Å². The highest BCUT2D eigenvalue weighted by atomic mass is 35.5. The summed E-state index contributed by atoms with van der Waals surface area (Å²) < 4.78 is 21.6. The fraction of sp³-hybridized carbons (Fsp3) is 0.441. The van der Waals surface area contributed by atoms with Crippen molar-refractivity contribution in [2.24, 2.45) is 0 Å². The molecule has 256 valence electrons. The Morgan fingerprint density at radius 1 is 1.00 bits per heavy atom. The Labute approximate surface area is 289 Å². The number of tetrazole rings is 1. The maximum Gasteiger partial charge on any atom is 0.256 e. The minimum atomic E-state index is -0.208. The average Bonchev–Trinajstić information content (AvgIpc) is 3.80. The van der Waals surface area contributed by atoms with Gasteiger partial charge in [-0.25, -0.2) is 14.6 Å². The molecule has 0 radical (unpaired) electrons. The van der Waals surface area contributed by atoms with Crippen LogP contribution in [0.25, 0.3) is 11.1 Å². The maximum absolute atomic E-state index is 6.47. The van der Waals surface area contributed by atoms with Crippen molar-refractivity contribution in [3.63, 3.8) is 0 Å². The van der Waals surface area contributed by atoms with Crippen LogP contribution in [0.1, 0.15) is 44.3 Å². The Bertz CT molecular complexity index is 1760. The number of halogens is 1. The van der Waals surface area contributed by atoms with E-state index in [-0.39, 0.29) is 6.10 Å². The minimum Gasteiger partial charge on any atom is -0.487 e. The Hall–Kier alpha value is -4.66. The van der Waals surface area contributed by atoms with E-state index in [1.54, 1.807) is 35.7 Å². The van der Waals surface area contributed by atoms with Gasteiger partial charge in [0.15, 0.2) is 0 Å². The van der Waals surface area contributed by atoms with Gasteiger partial charge >= 0.3 is 0 Å². The van der Waals surface area contributed by atoms with E-state index >= 15 is 0 Å². The Kier molecular flexibility index (Phi) is 10.5. The van der Waals surface area contributed by atoms with Crippen LogP contribution in [0.4, 0.5) is 11.6 Å². The summed E-state index contributed by atoms with van der Waals surface area (Å²) in [6.45, 7) is 6.56. The second kappa shape index (κ2) is 15.7. The number of benzene rings is 1. The fourth-order valence-electron chi connectivity index (χ4n) is 6.40. The Morgan fingerprint density at radius 3 is 2.57 bits per heavy atom. The van der Waals surface area contributed by atoms with Gasteiger partial charge in [0.1, 0.15) is 23.9 Å². The second-order valence-corrected chi connectivity index (χ2v) is 12.8. The van der Waals surface area contributed by atoms with Crippen LogP contribution in [-0.4, -0.2) is 94.9 Å². The number of nitrogens with zero attached hydrogens (tertiary/aromatic N) is 10. The van der Waals surface area contributed by atoms with Crippen LogP contribution in [0.3, 0.4) is 0 Å². The van der Waals surface area contributed by atoms with Crippen molar-refractivity contribution in [1.29, 1.82) is 0 Å². The lowest BCUT2D eigenvalue weighted by Gasteiger charge is -2.38. The summed E-state index contributed by atoms with van der Waals surface area (Å²) in [7, 11) is 0. The van der Waals surface area contributed by atoms with Crippen LogP contribution in [0.5, 0.6) is 11.6 Å². The van der Waals surface area contributed by atoms with Gasteiger partial charge in [0.2, 0.25) is 5.95 Å². The summed E-state index contributed by atoms with van der Waals surface area (Å²) in [5.74, 6) is 1.52. The molecular formula is C34H40ClN11O3. The van der Waals surface area contributed by atoms with Gasteiger partial charge in [-0.15, -0.1) is 10.2 Å². The van der Waals surface area contributed by atoms with Gasteiger partial charge in [0.05, 0.1) is 43.6 Å². The lowest BCUT2D eigenvalue weighted by atomic mass is 9.90. The van der Waals surface area contributed by atoms with Crippen molar-refractivity contribution in [2.45, 2.75) is 63.8 Å². The third kappa shape index (κ3) is 8.50. The summed E-state index contributed by atoms with van der Waals surface area (Å²) >= 11 is 6.47. The predicted molar refractivity (Wildman–Crippen MR) is 183 cm³/mol. The van der Waals surface area contributed by atoms with Crippen molar-refractivity contribution in [3.05, 3.63) is 78.2 Å². The van der Waals surface area contributed by atoms with Crippen molar-refractivity contribution in [3.8, 4) is 22.8 Å². The lowest BCUT2D eigenvalue weighted by molar-refractivity contribution is 0.00503. The molecule has 1 aliphatic heterocycles. The van der Waals surface area contributed by atoms with Crippen LogP contribution in [-0.2, 0) is 17.7 Å². The molecule has 2 aliphatic rings. The second-order valence-electron chi connectivity index (χ2n) is 12.4. The number of hydrogen-bond donors (Lipinski definition) is 1. The molecule has 1 saturated heterocycles. The molecule has 0 spiro atoms. The van der Waals surface area contributed by atoms with Crippen molar-refractivity contribution >= 4 is 23.2 Å². The molecule has 1 atom stereocenters. The zero-order chi connectivity index (χ0) is 33.4. The molecule has 5 heterocycles. The number of nitrogens with one attached hydrogen (secondary N) is 1. The summed E-state index contributed by atoms with van der Waals surface area (Å²) in [4.78, 5) is 16.3. The van der Waals surface area contributed by atoms with Gasteiger partial charge in [-0.2, -0.15) is 0 Å². The zero-order valence-corrected chi connectivity index (χ0v) is 28.2. The smallest absolute Gasteiger partial charge is 0.256 e. The van der Waals surface area contributed by atoms with Crippen LogP contribution >= 0.6 is 11.6 Å². The minimum absolute atomic E-state index is 0.208. The molecule has 2 fully saturated rings. The largest absolute Gasteiger partial charge is 0.487 e. The van der Waals surface area contributed by atoms with E-state index in [4.69, 9.17) is 30.9 Å². The molecule has 1 saturated carbocycles. The molecule has 15 heteroatoms. The van der Waals surface area contributed by atoms with Crippen LogP contribution in [0, 0.1) is 0 Å². The Morgan fingerprint density at radius 2 is 1.82 bits per heavy atom. The first-order valence-corrected chi connectivity index (χ1v) is 17.2. The van der Waals surface area contributed by atoms with Crippen molar-refractivity contribution in [2.75, 3.05) is 38.2 Å². The number of rotatable bonds is 13. The molecule has 1 N–H and O–H groups in total. The molecule has 1 unspecified atom stereocenters. The molecule has 7 rings (SSSR count). The highest BCUT2D eigenvalue weighted by molar-refractivity contribution is 6.32. The van der Waals surface area contributed by atoms with Crippen LogP contribution in [0.2, 0.25) is 5.02 Å². The third-order valence-corrected chi connectivity index (χ3v) is 9.26. The quantitative estimate of drug-likeness (QED) is 0.178. The topological polar surface area (TPSA) is 143 Å². The number of morpholine rings is 1. The van der Waals surface area contributed by atoms with Crippen molar-refractivity contribution in [1.82, 2.24) is 49.8 Å². The van der Waals surface area contributed by atoms with E-state index in [2.05, 4.69) is 45.4 Å². The summed E-state index contributed by atoms with van der Waals surface area (Å²) in [5.41, 5.74) is 3.39. The number of ether oxygens (including phenoxy) is 3. The Balaban J connectivity index is 1.03. The highest BCUT2D eigenvalue weighted by Gasteiger charge is 2.29. The normalized spacial score (nSPS) is 19.0. The van der Waals surface area contributed by atoms with Gasteiger partial charge in [-0.05, 0) is 72.9 Å². The number of anilines is 2. The fourth-order valence-corrected chi connectivity index (χ4v) is 6.56. The maximum atomic E-state index is 6.47. The average molecular weight is 686 g/mol. The summed E-state index contributed by atoms with van der Waals surface area (Å²) in [5, 5.41) is 20.0. The van der Waals surface area contributed by atoms with E-state index in [1.165, 1.54) is 0 Å². The molecule has 49 heavy (non-hydrogen) atoms. The monoisotopic (exact) mass is 685 g/mol. The summed E-state index contributed by atoms with van der Waals surface area (Å²) in [6.07, 6.45) is 13.8. The van der Waals surface area contributed by atoms with Gasteiger partial charge < -0.3 is 19.5 Å². The summed E-state index contributed by atoms with van der Waals surface area (Å²) in [6, 6.07) is 12.4. The number of pyridine rings is 1. The molecular weight excluding hydrogens is 646 g/mol. The zero-order valence-electron chi connectivity index (χ0n) is 27.4. The third-order valence-electron chi connectivity index (χ3n) is 8.95. The number of aromatic nitrogens is 9. The van der Waals surface area contributed by atoms with Crippen molar-refractivity contribution < 1.29 is 14.2 Å². The standard InChI is InChI=1S/C34H40ClN11O3/c1-24(21-45-23-39-42-43-45)49-32-18-25(5-10-30(32)35)26-19-37-34(38-20-26)40-31-22-46(41-33(31)48-15-11-27-4-2-3-12-36-27)29-8-6-28(7-9-29)44-13-16-47-17-14-44/h2-5,10,12,18-20,22-24,28-29H,6-9,11,13-17,21H2,1H3,(H,37,38,40). The number of hydrogen-bond acceptors (Lipinski definition) is 12. The van der Waals surface area contributed by atoms with E-state index in [9.17, 15) is 0 Å². The molecule has 1 aliphatic carbocycles. The SMILES string of the molecule is CC(Cn1cnnn1)Oc1cc(-c2cnc(Nc3cn(C4CCC(N5CCOCC5)CC4)nc3OCCc3ccccn3)nc2)ccc1Cl. The first-order chi connectivity index (χ1) is 24.1. The van der Waals surface area contributed by atoms with E-state index in [0.717, 1.165) is 74.5 Å². The molecule has 14 nitrogen and oxygen atoms in total. The van der Waals surface area contributed by atoms with Crippen LogP contribution in [0.15, 0.2) is 67.5 Å². The molecule has 4 aromatic heterocycles. The van der Waals surface area contributed by atoms with Crippen LogP contribution < -0.4 is 14.8 Å². The molecule has 5 aromatic rings. The van der Waals surface area contributed by atoms with E-state index in [1.807, 2.05) is 43.5 Å². The van der Waals surface area contributed by atoms with E-state index < -0.39 is 0 Å². The highest BCUT2D eigenvalue weighted by Crippen LogP contribution is 2.35. The molecule has 0 bridgehead atoms. The first-order valence-electron chi connectivity index (χ1n) is 16.8. The van der Waals surface area contributed by atoms with Gasteiger partial charge in [0, 0.05) is 55.4 Å². The first kappa shape index (κ1) is 32.9. The predicted octanol–water partition coefficient (Wildman–Crippen LogP) is 5.02. The van der Waals surface area contributed by atoms with E-state index in [0.29, 0.717) is 54.3 Å². The molecule has 0 amide bonds. The van der Waals surface area contributed by atoms with Gasteiger partial charge in [-0.3, -0.25) is 14.6 Å². The lowest BCUT2D eigenvalue weighted by Crippen LogP contribution is -2.45. The molecule has 1 aromatic carbocycles.